The highest BCUT2D eigenvalue weighted by molar-refractivity contribution is 9.10. The van der Waals surface area contributed by atoms with Gasteiger partial charge in [0, 0.05) is 21.8 Å². The molecule has 7 heteroatoms. The number of aromatic nitrogens is 3. The Morgan fingerprint density at radius 3 is 2.55 bits per heavy atom. The Hall–Kier alpha value is -2.12. The van der Waals surface area contributed by atoms with Crippen LogP contribution in [0, 0.1) is 0 Å². The van der Waals surface area contributed by atoms with Gasteiger partial charge in [-0.1, -0.05) is 77.3 Å². The summed E-state index contributed by atoms with van der Waals surface area (Å²) < 4.78 is 3.35. The third-order valence-corrected chi connectivity index (χ3v) is 7.95. The van der Waals surface area contributed by atoms with Crippen molar-refractivity contribution in [2.24, 2.45) is 0 Å². The Kier molecular flexibility index (Phi) is 6.14. The van der Waals surface area contributed by atoms with Gasteiger partial charge >= 0.3 is 0 Å². The molecule has 1 fully saturated rings. The van der Waals surface area contributed by atoms with E-state index in [9.17, 15) is 4.79 Å². The number of benzene rings is 2. The Labute approximate surface area is 195 Å². The summed E-state index contributed by atoms with van der Waals surface area (Å²) in [6.45, 7) is 0. The number of halogens is 1. The van der Waals surface area contributed by atoms with Crippen LogP contribution >= 0.6 is 27.7 Å². The third-order valence-electron chi connectivity index (χ3n) is 6.20. The van der Waals surface area contributed by atoms with Crippen molar-refractivity contribution in [3.8, 4) is 11.4 Å². The number of thioether (sulfide) groups is 1. The minimum Gasteiger partial charge on any atom is -0.325 e. The van der Waals surface area contributed by atoms with Crippen LogP contribution in [0.1, 0.15) is 50.1 Å². The molecule has 1 unspecified atom stereocenters. The predicted octanol–water partition coefficient (Wildman–Crippen LogP) is 6.26. The zero-order valence-electron chi connectivity index (χ0n) is 17.3. The number of anilines is 1. The molecule has 2 aliphatic rings. The number of amides is 1. The molecule has 5 rings (SSSR count). The molecule has 1 saturated carbocycles. The zero-order chi connectivity index (χ0) is 21.2. The molecule has 31 heavy (non-hydrogen) atoms. The van der Waals surface area contributed by atoms with Crippen LogP contribution in [0.25, 0.3) is 11.4 Å². The summed E-state index contributed by atoms with van der Waals surface area (Å²) in [6, 6.07) is 16.7. The van der Waals surface area contributed by atoms with Crippen LogP contribution in [-0.4, -0.2) is 25.9 Å². The molecule has 1 amide bonds. The van der Waals surface area contributed by atoms with Gasteiger partial charge in [0.2, 0.25) is 5.91 Å². The molecule has 2 heterocycles. The van der Waals surface area contributed by atoms with Crippen LogP contribution in [0.2, 0.25) is 0 Å². The van der Waals surface area contributed by atoms with E-state index in [1.165, 1.54) is 24.8 Å². The number of nitrogens with zero attached hydrogens (tertiary/aromatic N) is 3. The number of hydrogen-bond acceptors (Lipinski definition) is 4. The topological polar surface area (TPSA) is 59.8 Å². The van der Waals surface area contributed by atoms with Crippen LogP contribution in [0.15, 0.2) is 58.2 Å². The molecule has 1 aliphatic heterocycles. The van der Waals surface area contributed by atoms with Gasteiger partial charge < -0.3 is 5.32 Å². The molecule has 0 saturated heterocycles. The molecule has 1 aromatic heterocycles. The second-order valence-electron chi connectivity index (χ2n) is 8.27. The van der Waals surface area contributed by atoms with E-state index in [1.807, 2.05) is 30.3 Å². The molecule has 3 aromatic rings. The number of carbonyl (C=O) groups is 1. The maximum absolute atomic E-state index is 13.0. The van der Waals surface area contributed by atoms with E-state index >= 15 is 0 Å². The lowest BCUT2D eigenvalue weighted by Crippen LogP contribution is -2.24. The number of nitrogens with one attached hydrogen (secondary N) is 1. The van der Waals surface area contributed by atoms with Crippen molar-refractivity contribution < 1.29 is 4.79 Å². The summed E-state index contributed by atoms with van der Waals surface area (Å²) in [4.78, 5) is 13.0. The lowest BCUT2D eigenvalue weighted by atomic mass is 9.95. The number of carbonyl (C=O) groups excluding carboxylic acids is 1. The predicted molar refractivity (Wildman–Crippen MR) is 128 cm³/mol. The molecule has 160 valence electrons. The summed E-state index contributed by atoms with van der Waals surface area (Å²) in [7, 11) is 0. The Bertz CT molecular complexity index is 1080. The summed E-state index contributed by atoms with van der Waals surface area (Å²) in [5.41, 5.74) is 3.19. The first-order chi connectivity index (χ1) is 15.2. The van der Waals surface area contributed by atoms with E-state index < -0.39 is 0 Å². The van der Waals surface area contributed by atoms with E-state index in [4.69, 9.17) is 0 Å². The van der Waals surface area contributed by atoms with Gasteiger partial charge in [0.1, 0.15) is 0 Å². The number of para-hydroxylation sites is 1. The molecule has 0 spiro atoms. The van der Waals surface area contributed by atoms with Crippen LogP contribution in [0.5, 0.6) is 0 Å². The maximum Gasteiger partial charge on any atom is 0.237 e. The van der Waals surface area contributed by atoms with Gasteiger partial charge in [-0.2, -0.15) is 0 Å². The van der Waals surface area contributed by atoms with E-state index in [0.717, 1.165) is 52.4 Å². The van der Waals surface area contributed by atoms with Crippen LogP contribution < -0.4 is 5.32 Å². The first-order valence-electron chi connectivity index (χ1n) is 11.0. The van der Waals surface area contributed by atoms with Crippen molar-refractivity contribution in [2.75, 3.05) is 5.32 Å². The third kappa shape index (κ3) is 4.44. The van der Waals surface area contributed by atoms with Gasteiger partial charge in [0.25, 0.3) is 0 Å². The summed E-state index contributed by atoms with van der Waals surface area (Å²) in [5, 5.41) is 13.0. The van der Waals surface area contributed by atoms with Gasteiger partial charge in [-0.15, -0.1) is 10.2 Å². The molecule has 1 N–H and O–H groups in total. The second-order valence-corrected chi connectivity index (χ2v) is 10.4. The molecule has 1 atom stereocenters. The van der Waals surface area contributed by atoms with Crippen molar-refractivity contribution in [1.29, 1.82) is 0 Å². The Morgan fingerprint density at radius 1 is 0.968 bits per heavy atom. The van der Waals surface area contributed by atoms with E-state index in [2.05, 4.69) is 54.2 Å². The van der Waals surface area contributed by atoms with Crippen molar-refractivity contribution >= 4 is 39.3 Å². The minimum atomic E-state index is -0.184. The molecule has 0 radical (unpaired) electrons. The number of fused-ring (bicyclic) bond motifs is 1. The van der Waals surface area contributed by atoms with Gasteiger partial charge in [0.15, 0.2) is 11.0 Å². The first kappa shape index (κ1) is 20.8. The fourth-order valence-corrected chi connectivity index (χ4v) is 5.91. The average Bonchev–Trinajstić information content (AvgIpc) is 3.14. The summed E-state index contributed by atoms with van der Waals surface area (Å²) in [5.74, 6) is 0.956. The lowest BCUT2D eigenvalue weighted by Gasteiger charge is -2.26. The number of aryl methyl sites for hydroxylation is 1. The highest BCUT2D eigenvalue weighted by Crippen LogP contribution is 2.38. The van der Waals surface area contributed by atoms with E-state index in [1.54, 1.807) is 11.8 Å². The van der Waals surface area contributed by atoms with Gasteiger partial charge in [0.05, 0.1) is 5.25 Å². The van der Waals surface area contributed by atoms with Crippen molar-refractivity contribution in [1.82, 2.24) is 14.8 Å². The van der Waals surface area contributed by atoms with Gasteiger partial charge in [-0.25, -0.2) is 0 Å². The first-order valence-corrected chi connectivity index (χ1v) is 12.6. The summed E-state index contributed by atoms with van der Waals surface area (Å²) >= 11 is 5.08. The summed E-state index contributed by atoms with van der Waals surface area (Å²) in [6.07, 6.45) is 7.69. The molecular formula is C24H25BrN4OS. The molecule has 2 aromatic carbocycles. The highest BCUT2D eigenvalue weighted by atomic mass is 79.9. The molecule has 1 aliphatic carbocycles. The molecular weight excluding hydrogens is 472 g/mol. The molecule has 5 nitrogen and oxygen atoms in total. The van der Waals surface area contributed by atoms with Crippen molar-refractivity contribution in [3.05, 3.63) is 58.6 Å². The zero-order valence-corrected chi connectivity index (χ0v) is 19.7. The fraction of sp³-hybridized carbons (Fsp3) is 0.375. The minimum absolute atomic E-state index is 0.0540. The van der Waals surface area contributed by atoms with Crippen molar-refractivity contribution in [3.63, 3.8) is 0 Å². The van der Waals surface area contributed by atoms with Crippen LogP contribution in [0.3, 0.4) is 0 Å². The normalized spacial score (nSPS) is 19.5. The average molecular weight is 497 g/mol. The highest BCUT2D eigenvalue weighted by Gasteiger charge is 2.30. The second kappa shape index (κ2) is 9.17. The smallest absolute Gasteiger partial charge is 0.237 e. The van der Waals surface area contributed by atoms with E-state index in [0.29, 0.717) is 6.04 Å². The molecule has 0 bridgehead atoms. The van der Waals surface area contributed by atoms with Crippen LogP contribution in [-0.2, 0) is 11.2 Å². The standard InChI is InChI=1S/C24H25BrN4OS/c25-18-13-10-17(11-14-18)22-27-28-24(29(22)19-7-2-1-3-8-19)31-21-15-12-16-6-4-5-9-20(16)26-23(21)30/h4-6,9-11,13-14,19,21H,1-3,7-8,12,15H2,(H,26,30). The van der Waals surface area contributed by atoms with Crippen LogP contribution in [0.4, 0.5) is 5.69 Å². The Balaban J connectivity index is 1.46. The quantitative estimate of drug-likeness (QED) is 0.462. The fourth-order valence-electron chi connectivity index (χ4n) is 4.55. The monoisotopic (exact) mass is 496 g/mol. The maximum atomic E-state index is 13.0. The van der Waals surface area contributed by atoms with Crippen molar-refractivity contribution in [2.45, 2.75) is 61.4 Å². The number of hydrogen-bond donors (Lipinski definition) is 1. The van der Waals surface area contributed by atoms with Gasteiger partial charge in [-0.3, -0.25) is 9.36 Å². The lowest BCUT2D eigenvalue weighted by molar-refractivity contribution is -0.115. The van der Waals surface area contributed by atoms with E-state index in [-0.39, 0.29) is 11.2 Å². The SMILES string of the molecule is O=C1Nc2ccccc2CCC1Sc1nnc(-c2ccc(Br)cc2)n1C1CCCCC1. The Morgan fingerprint density at radius 2 is 1.74 bits per heavy atom. The largest absolute Gasteiger partial charge is 0.325 e. The van der Waals surface area contributed by atoms with Gasteiger partial charge in [-0.05, 0) is 49.4 Å². The number of rotatable bonds is 4.